The number of carbonyl (C=O) groups excluding carboxylic acids is 2. The fourth-order valence-corrected chi connectivity index (χ4v) is 4.15. The Bertz CT molecular complexity index is 838. The first kappa shape index (κ1) is 17.9. The van der Waals surface area contributed by atoms with E-state index < -0.39 is 11.7 Å². The van der Waals surface area contributed by atoms with Gasteiger partial charge in [0.25, 0.3) is 11.7 Å². The van der Waals surface area contributed by atoms with Crippen molar-refractivity contribution in [1.82, 2.24) is 0 Å². The summed E-state index contributed by atoms with van der Waals surface area (Å²) in [5, 5.41) is 0. The second kappa shape index (κ2) is 7.58. The maximum absolute atomic E-state index is 12.3. The summed E-state index contributed by atoms with van der Waals surface area (Å²) in [4.78, 5) is 25.9. The third kappa shape index (κ3) is 3.57. The molecule has 130 valence electrons. The average molecular weight is 469 g/mol. The van der Waals surface area contributed by atoms with Crippen molar-refractivity contribution >= 4 is 49.2 Å². The first-order valence-electron chi connectivity index (χ1n) is 7.64. The number of hydrogen-bond acceptors (Lipinski definition) is 4. The molecule has 0 fully saturated rings. The lowest BCUT2D eigenvalue weighted by molar-refractivity contribution is -0.114. The number of Topliss-reactive ketones (excluding diaryl/α,β-unsaturated/α-hetero) is 1. The van der Waals surface area contributed by atoms with Crippen LogP contribution in [0, 0.1) is 0 Å². The molecule has 7 heteroatoms. The molecule has 2 aromatic carbocycles. The number of methoxy groups -OCH3 is 1. The van der Waals surface area contributed by atoms with E-state index in [4.69, 9.17) is 9.47 Å². The molecule has 1 amide bonds. The normalized spacial score (nSPS) is 13.2. The Morgan fingerprint density at radius 2 is 1.80 bits per heavy atom. The lowest BCUT2D eigenvalue weighted by atomic mass is 10.1. The summed E-state index contributed by atoms with van der Waals surface area (Å²) in [6.07, 6.45) is 0.582. The van der Waals surface area contributed by atoms with Crippen molar-refractivity contribution in [3.63, 3.8) is 0 Å². The van der Waals surface area contributed by atoms with Gasteiger partial charge >= 0.3 is 0 Å². The molecule has 1 aliphatic heterocycles. The number of para-hydroxylation sites is 2. The number of amides is 1. The Kier molecular flexibility index (Phi) is 5.44. The van der Waals surface area contributed by atoms with Crippen LogP contribution in [0.25, 0.3) is 0 Å². The quantitative estimate of drug-likeness (QED) is 0.470. The fourth-order valence-electron chi connectivity index (χ4n) is 2.71. The van der Waals surface area contributed by atoms with Crippen LogP contribution in [0.15, 0.2) is 45.3 Å². The van der Waals surface area contributed by atoms with Gasteiger partial charge in [-0.25, -0.2) is 0 Å². The van der Waals surface area contributed by atoms with E-state index in [1.54, 1.807) is 13.2 Å². The molecule has 0 atom stereocenters. The fraction of sp³-hybridized carbons (Fsp3) is 0.222. The van der Waals surface area contributed by atoms with Crippen molar-refractivity contribution in [2.75, 3.05) is 25.2 Å². The van der Waals surface area contributed by atoms with E-state index in [1.165, 1.54) is 4.90 Å². The first-order valence-corrected chi connectivity index (χ1v) is 9.22. The van der Waals surface area contributed by atoms with Crippen LogP contribution < -0.4 is 14.4 Å². The van der Waals surface area contributed by atoms with Gasteiger partial charge in [-0.15, -0.1) is 0 Å². The van der Waals surface area contributed by atoms with Gasteiger partial charge in [-0.3, -0.25) is 9.59 Å². The zero-order chi connectivity index (χ0) is 18.0. The lowest BCUT2D eigenvalue weighted by Crippen LogP contribution is -2.31. The Morgan fingerprint density at radius 3 is 2.52 bits per heavy atom. The summed E-state index contributed by atoms with van der Waals surface area (Å²) >= 11 is 6.78. The molecule has 0 saturated heterocycles. The number of hydrogen-bond donors (Lipinski definition) is 0. The number of fused-ring (bicyclic) bond motifs is 1. The Morgan fingerprint density at radius 1 is 1.08 bits per heavy atom. The second-order valence-electron chi connectivity index (χ2n) is 5.42. The van der Waals surface area contributed by atoms with Gasteiger partial charge in [0, 0.05) is 15.5 Å². The summed E-state index contributed by atoms with van der Waals surface area (Å²) in [7, 11) is 1.59. The van der Waals surface area contributed by atoms with Gasteiger partial charge in [0.05, 0.1) is 25.0 Å². The van der Waals surface area contributed by atoms with Crippen LogP contribution in [0.5, 0.6) is 11.5 Å². The molecule has 0 aromatic heterocycles. The molecule has 0 unspecified atom stereocenters. The number of ketones is 1. The molecule has 2 aromatic rings. The highest BCUT2D eigenvalue weighted by Gasteiger charge is 2.37. The SMILES string of the molecule is COc1ccccc1OCCCN1C(=O)C(=O)c2cc(Br)cc(Br)c21. The molecule has 1 heterocycles. The number of anilines is 1. The third-order valence-electron chi connectivity index (χ3n) is 3.83. The number of benzene rings is 2. The van der Waals surface area contributed by atoms with Crippen LogP contribution in [0.3, 0.4) is 0 Å². The Balaban J connectivity index is 1.67. The van der Waals surface area contributed by atoms with Gasteiger partial charge in [0.15, 0.2) is 11.5 Å². The van der Waals surface area contributed by atoms with E-state index in [1.807, 2.05) is 30.3 Å². The summed E-state index contributed by atoms with van der Waals surface area (Å²) < 4.78 is 12.4. The smallest absolute Gasteiger partial charge is 0.299 e. The molecule has 5 nitrogen and oxygen atoms in total. The second-order valence-corrected chi connectivity index (χ2v) is 7.19. The number of rotatable bonds is 6. The van der Waals surface area contributed by atoms with E-state index in [0.717, 1.165) is 4.47 Å². The van der Waals surface area contributed by atoms with Gasteiger partial charge in [0.1, 0.15) is 0 Å². The van der Waals surface area contributed by atoms with Gasteiger partial charge in [0.2, 0.25) is 0 Å². The maximum Gasteiger partial charge on any atom is 0.299 e. The highest BCUT2D eigenvalue weighted by molar-refractivity contribution is 9.11. The topological polar surface area (TPSA) is 55.8 Å². The molecule has 0 radical (unpaired) electrons. The van der Waals surface area contributed by atoms with E-state index in [9.17, 15) is 9.59 Å². The van der Waals surface area contributed by atoms with E-state index in [0.29, 0.717) is 46.8 Å². The van der Waals surface area contributed by atoms with Crippen LogP contribution >= 0.6 is 31.9 Å². The minimum atomic E-state index is -0.508. The molecule has 25 heavy (non-hydrogen) atoms. The summed E-state index contributed by atoms with van der Waals surface area (Å²) in [5.74, 6) is 0.320. The molecule has 0 saturated carbocycles. The van der Waals surface area contributed by atoms with Gasteiger partial charge in [-0.05, 0) is 46.6 Å². The van der Waals surface area contributed by atoms with Crippen molar-refractivity contribution in [3.05, 3.63) is 50.9 Å². The lowest BCUT2D eigenvalue weighted by Gasteiger charge is -2.18. The van der Waals surface area contributed by atoms with Crippen molar-refractivity contribution in [1.29, 1.82) is 0 Å². The molecule has 0 aliphatic carbocycles. The largest absolute Gasteiger partial charge is 0.493 e. The van der Waals surface area contributed by atoms with Crippen LogP contribution in [0.4, 0.5) is 5.69 Å². The molecule has 0 N–H and O–H groups in total. The van der Waals surface area contributed by atoms with Crippen molar-refractivity contribution < 1.29 is 19.1 Å². The highest BCUT2D eigenvalue weighted by atomic mass is 79.9. The summed E-state index contributed by atoms with van der Waals surface area (Å²) in [6.45, 7) is 0.800. The van der Waals surface area contributed by atoms with Crippen LogP contribution in [-0.2, 0) is 4.79 Å². The Labute approximate surface area is 162 Å². The molecular weight excluding hydrogens is 454 g/mol. The minimum Gasteiger partial charge on any atom is -0.493 e. The maximum atomic E-state index is 12.3. The van der Waals surface area contributed by atoms with Crippen molar-refractivity contribution in [2.24, 2.45) is 0 Å². The molecule has 0 spiro atoms. The summed E-state index contributed by atoms with van der Waals surface area (Å²) in [5.41, 5.74) is 1.03. The molecular formula is C18H15Br2NO4. The van der Waals surface area contributed by atoms with E-state index in [-0.39, 0.29) is 0 Å². The van der Waals surface area contributed by atoms with Crippen LogP contribution in [0.1, 0.15) is 16.8 Å². The van der Waals surface area contributed by atoms with Gasteiger partial charge in [-0.1, -0.05) is 28.1 Å². The number of carbonyl (C=O) groups is 2. The predicted molar refractivity (Wildman–Crippen MR) is 102 cm³/mol. The van der Waals surface area contributed by atoms with E-state index in [2.05, 4.69) is 31.9 Å². The van der Waals surface area contributed by atoms with Gasteiger partial charge < -0.3 is 14.4 Å². The average Bonchev–Trinajstić information content (AvgIpc) is 2.84. The number of nitrogens with zero attached hydrogens (tertiary/aromatic N) is 1. The predicted octanol–water partition coefficient (Wildman–Crippen LogP) is 4.22. The highest BCUT2D eigenvalue weighted by Crippen LogP contribution is 2.38. The zero-order valence-corrected chi connectivity index (χ0v) is 16.6. The van der Waals surface area contributed by atoms with Crippen molar-refractivity contribution in [2.45, 2.75) is 6.42 Å². The van der Waals surface area contributed by atoms with Crippen LogP contribution in [0.2, 0.25) is 0 Å². The first-order chi connectivity index (χ1) is 12.0. The molecule has 1 aliphatic rings. The number of halogens is 2. The minimum absolute atomic E-state index is 0.396. The van der Waals surface area contributed by atoms with Gasteiger partial charge in [-0.2, -0.15) is 0 Å². The van der Waals surface area contributed by atoms with E-state index >= 15 is 0 Å². The molecule has 0 bridgehead atoms. The van der Waals surface area contributed by atoms with Crippen molar-refractivity contribution in [3.8, 4) is 11.5 Å². The number of ether oxygens (including phenoxy) is 2. The summed E-state index contributed by atoms with van der Waals surface area (Å²) in [6, 6.07) is 10.9. The van der Waals surface area contributed by atoms with Crippen LogP contribution in [-0.4, -0.2) is 32.0 Å². The standard InChI is InChI=1S/C18H15Br2NO4/c1-24-14-5-2-3-6-15(14)25-8-4-7-21-16-12(17(22)18(21)23)9-11(19)10-13(16)20/h2-3,5-6,9-10H,4,7-8H2,1H3. The zero-order valence-electron chi connectivity index (χ0n) is 13.4. The molecule has 3 rings (SSSR count). The third-order valence-corrected chi connectivity index (χ3v) is 4.90. The Hall–Kier alpha value is -1.86. The monoisotopic (exact) mass is 467 g/mol.